The van der Waals surface area contributed by atoms with Gasteiger partial charge in [0.25, 0.3) is 5.91 Å². The molecule has 1 aliphatic rings. The zero-order chi connectivity index (χ0) is 17.3. The third-order valence-corrected chi connectivity index (χ3v) is 6.40. The normalized spacial score (nSPS) is 15.2. The van der Waals surface area contributed by atoms with Crippen LogP contribution in [0.5, 0.6) is 5.75 Å². The van der Waals surface area contributed by atoms with Crippen LogP contribution in [-0.2, 0) is 4.79 Å². The first-order valence-corrected chi connectivity index (χ1v) is 9.89. The minimum absolute atomic E-state index is 0.0779. The van der Waals surface area contributed by atoms with Crippen LogP contribution in [0.1, 0.15) is 15.9 Å². The molecular formula is C18H18N2O3S2. The van der Waals surface area contributed by atoms with Crippen molar-refractivity contribution in [3.05, 3.63) is 60.1 Å². The number of hydrogen-bond donors (Lipinski definition) is 1. The van der Waals surface area contributed by atoms with E-state index >= 15 is 0 Å². The maximum Gasteiger partial charge on any atom is 0.277 e. The lowest BCUT2D eigenvalue weighted by Crippen LogP contribution is -2.24. The van der Waals surface area contributed by atoms with Crippen molar-refractivity contribution in [2.75, 3.05) is 18.1 Å². The monoisotopic (exact) mass is 374 g/mol. The quantitative estimate of drug-likeness (QED) is 0.587. The number of nitrogens with one attached hydrogen (secondary N) is 1. The summed E-state index contributed by atoms with van der Waals surface area (Å²) >= 11 is 3.92. The summed E-state index contributed by atoms with van der Waals surface area (Å²) in [6.45, 7) is -0.0779. The number of carbonyl (C=O) groups is 1. The lowest BCUT2D eigenvalue weighted by atomic mass is 10.2. The Balaban J connectivity index is 1.38. The van der Waals surface area contributed by atoms with E-state index in [1.807, 2.05) is 41.7 Å². The van der Waals surface area contributed by atoms with Gasteiger partial charge in [-0.25, -0.2) is 5.43 Å². The van der Waals surface area contributed by atoms with Crippen molar-refractivity contribution in [3.63, 3.8) is 0 Å². The van der Waals surface area contributed by atoms with E-state index in [9.17, 15) is 4.79 Å². The molecule has 1 aromatic carbocycles. The van der Waals surface area contributed by atoms with Crippen molar-refractivity contribution < 1.29 is 13.9 Å². The highest BCUT2D eigenvalue weighted by Gasteiger charge is 2.17. The number of thioether (sulfide) groups is 2. The smallest absolute Gasteiger partial charge is 0.277 e. The highest BCUT2D eigenvalue weighted by molar-refractivity contribution is 8.19. The van der Waals surface area contributed by atoms with Gasteiger partial charge in [0.1, 0.15) is 11.5 Å². The first-order valence-electron chi connectivity index (χ1n) is 7.79. The summed E-state index contributed by atoms with van der Waals surface area (Å²) in [5, 5.41) is 3.81. The van der Waals surface area contributed by atoms with Crippen LogP contribution in [0.25, 0.3) is 6.08 Å². The van der Waals surface area contributed by atoms with Crippen LogP contribution in [0.15, 0.2) is 58.3 Å². The SMILES string of the molecule is O=C(COc1ccc(C2SCCS2)cc1)N/N=C\C=C\c1ccco1. The average Bonchev–Trinajstić information content (AvgIpc) is 3.34. The van der Waals surface area contributed by atoms with Gasteiger partial charge in [0.2, 0.25) is 0 Å². The van der Waals surface area contributed by atoms with Crippen LogP contribution in [0.2, 0.25) is 0 Å². The first kappa shape index (κ1) is 17.7. The molecule has 3 rings (SSSR count). The van der Waals surface area contributed by atoms with E-state index in [-0.39, 0.29) is 12.5 Å². The molecule has 1 N–H and O–H groups in total. The number of nitrogens with zero attached hydrogens (tertiary/aromatic N) is 1. The number of amides is 1. The molecule has 0 saturated carbocycles. The Morgan fingerprint density at radius 1 is 1.28 bits per heavy atom. The third kappa shape index (κ3) is 5.72. The summed E-state index contributed by atoms with van der Waals surface area (Å²) in [5.41, 5.74) is 3.70. The lowest BCUT2D eigenvalue weighted by Gasteiger charge is -2.09. The standard InChI is InChI=1S/C18H18N2O3S2/c21-17(20-19-9-1-3-15-4-2-10-22-15)13-23-16-7-5-14(6-8-16)18-24-11-12-25-18/h1-10,18H,11-13H2,(H,20,21)/b3-1+,19-9-. The van der Waals surface area contributed by atoms with Crippen LogP contribution < -0.4 is 10.2 Å². The number of allylic oxidation sites excluding steroid dienone is 1. The second-order valence-corrected chi connectivity index (χ2v) is 7.84. The number of furan rings is 1. The molecule has 2 aromatic rings. The van der Waals surface area contributed by atoms with E-state index in [4.69, 9.17) is 9.15 Å². The van der Waals surface area contributed by atoms with Gasteiger partial charge >= 0.3 is 0 Å². The zero-order valence-corrected chi connectivity index (χ0v) is 15.1. The molecule has 1 aliphatic heterocycles. The molecule has 7 heteroatoms. The second-order valence-electron chi connectivity index (χ2n) is 5.12. The second kappa shape index (κ2) is 9.39. The fraction of sp³-hybridized carbons (Fsp3) is 0.222. The van der Waals surface area contributed by atoms with E-state index in [1.165, 1.54) is 23.3 Å². The Labute approximate surface area is 154 Å². The minimum Gasteiger partial charge on any atom is -0.484 e. The van der Waals surface area contributed by atoms with Gasteiger partial charge in [0, 0.05) is 17.7 Å². The highest BCUT2D eigenvalue weighted by atomic mass is 32.2. The molecule has 0 spiro atoms. The predicted molar refractivity (Wildman–Crippen MR) is 104 cm³/mol. The molecule has 0 unspecified atom stereocenters. The molecule has 0 atom stereocenters. The largest absolute Gasteiger partial charge is 0.484 e. The Kier molecular flexibility index (Phi) is 6.64. The third-order valence-electron chi connectivity index (χ3n) is 3.30. The summed E-state index contributed by atoms with van der Waals surface area (Å²) in [6, 6.07) is 11.5. The fourth-order valence-corrected chi connectivity index (χ4v) is 4.99. The van der Waals surface area contributed by atoms with Crippen LogP contribution in [0.4, 0.5) is 0 Å². The molecule has 0 aliphatic carbocycles. The van der Waals surface area contributed by atoms with Gasteiger partial charge in [0.05, 0.1) is 10.8 Å². The van der Waals surface area contributed by atoms with Crippen LogP contribution in [-0.4, -0.2) is 30.2 Å². The van der Waals surface area contributed by atoms with Crippen molar-refractivity contribution in [3.8, 4) is 5.75 Å². The molecule has 1 fully saturated rings. The Morgan fingerprint density at radius 2 is 2.08 bits per heavy atom. The van der Waals surface area contributed by atoms with E-state index < -0.39 is 0 Å². The van der Waals surface area contributed by atoms with E-state index in [0.717, 1.165) is 5.76 Å². The number of hydrazone groups is 1. The van der Waals surface area contributed by atoms with Crippen LogP contribution in [0, 0.1) is 0 Å². The number of benzene rings is 1. The van der Waals surface area contributed by atoms with Gasteiger partial charge in [-0.3, -0.25) is 4.79 Å². The Bertz CT molecular complexity index is 721. The predicted octanol–water partition coefficient (Wildman–Crippen LogP) is 3.95. The summed E-state index contributed by atoms with van der Waals surface area (Å²) in [6.07, 6.45) is 6.49. The van der Waals surface area contributed by atoms with Crippen LogP contribution >= 0.6 is 23.5 Å². The molecule has 0 bridgehead atoms. The van der Waals surface area contributed by atoms with Crippen molar-refractivity contribution >= 4 is 41.7 Å². The van der Waals surface area contributed by atoms with Gasteiger partial charge in [-0.1, -0.05) is 12.1 Å². The molecule has 25 heavy (non-hydrogen) atoms. The van der Waals surface area contributed by atoms with Gasteiger partial charge in [-0.2, -0.15) is 5.10 Å². The molecule has 1 saturated heterocycles. The van der Waals surface area contributed by atoms with Crippen molar-refractivity contribution in [2.45, 2.75) is 4.58 Å². The van der Waals surface area contributed by atoms with Crippen LogP contribution in [0.3, 0.4) is 0 Å². The molecular weight excluding hydrogens is 356 g/mol. The van der Waals surface area contributed by atoms with Gasteiger partial charge in [-0.05, 0) is 42.0 Å². The Morgan fingerprint density at radius 3 is 2.80 bits per heavy atom. The van der Waals surface area contributed by atoms with Crippen molar-refractivity contribution in [2.24, 2.45) is 5.10 Å². The van der Waals surface area contributed by atoms with Gasteiger partial charge in [0.15, 0.2) is 6.61 Å². The average molecular weight is 374 g/mol. The highest BCUT2D eigenvalue weighted by Crippen LogP contribution is 2.45. The summed E-state index contributed by atoms with van der Waals surface area (Å²) in [7, 11) is 0. The van der Waals surface area contributed by atoms with Gasteiger partial charge in [-0.15, -0.1) is 23.5 Å². The minimum atomic E-state index is -0.311. The molecule has 5 nitrogen and oxygen atoms in total. The number of rotatable bonds is 7. The molecule has 1 amide bonds. The molecule has 2 heterocycles. The van der Waals surface area contributed by atoms with E-state index in [0.29, 0.717) is 10.3 Å². The van der Waals surface area contributed by atoms with Crippen molar-refractivity contribution in [1.82, 2.24) is 5.43 Å². The summed E-state index contributed by atoms with van der Waals surface area (Å²) < 4.78 is 11.1. The van der Waals surface area contributed by atoms with Crippen molar-refractivity contribution in [1.29, 1.82) is 0 Å². The summed E-state index contributed by atoms with van der Waals surface area (Å²) in [4.78, 5) is 11.7. The zero-order valence-electron chi connectivity index (χ0n) is 13.5. The molecule has 0 radical (unpaired) electrons. The Hall–Kier alpha value is -2.12. The van der Waals surface area contributed by atoms with E-state index in [1.54, 1.807) is 24.5 Å². The molecule has 130 valence electrons. The maximum atomic E-state index is 11.7. The summed E-state index contributed by atoms with van der Waals surface area (Å²) in [5.74, 6) is 3.48. The topological polar surface area (TPSA) is 63.8 Å². The lowest BCUT2D eigenvalue weighted by molar-refractivity contribution is -0.123. The number of carbonyl (C=O) groups excluding carboxylic acids is 1. The van der Waals surface area contributed by atoms with Gasteiger partial charge < -0.3 is 9.15 Å². The first-order chi connectivity index (χ1) is 12.3. The molecule has 1 aromatic heterocycles. The number of hydrogen-bond acceptors (Lipinski definition) is 6. The maximum absolute atomic E-state index is 11.7. The fourth-order valence-electron chi connectivity index (χ4n) is 2.13. The number of ether oxygens (including phenoxy) is 1. The van der Waals surface area contributed by atoms with E-state index in [2.05, 4.69) is 22.7 Å².